The predicted molar refractivity (Wildman–Crippen MR) is 113 cm³/mol. The summed E-state index contributed by atoms with van der Waals surface area (Å²) in [5.74, 6) is -0.121. The SMILES string of the molecule is CC(C)CC(=NO)c1ccccc1OC(F)F.CCOC(=O)CCCCC(=O)OCC. The van der Waals surface area contributed by atoms with E-state index < -0.39 is 6.61 Å². The molecule has 0 aliphatic rings. The Kier molecular flexibility index (Phi) is 15.5. The minimum Gasteiger partial charge on any atom is -0.466 e. The molecule has 0 atom stereocenters. The molecule has 0 bridgehead atoms. The van der Waals surface area contributed by atoms with E-state index >= 15 is 0 Å². The molecule has 31 heavy (non-hydrogen) atoms. The van der Waals surface area contributed by atoms with Crippen LogP contribution in [0.1, 0.15) is 65.4 Å². The fourth-order valence-corrected chi connectivity index (χ4v) is 2.50. The molecular weight excluding hydrogens is 412 g/mol. The maximum Gasteiger partial charge on any atom is 0.387 e. The molecule has 176 valence electrons. The predicted octanol–water partition coefficient (Wildman–Crippen LogP) is 5.19. The maximum atomic E-state index is 12.2. The molecule has 0 aromatic heterocycles. The van der Waals surface area contributed by atoms with Crippen LogP contribution < -0.4 is 4.74 Å². The second kappa shape index (κ2) is 17.0. The molecule has 1 aromatic carbocycles. The summed E-state index contributed by atoms with van der Waals surface area (Å²) in [5, 5.41) is 12.1. The lowest BCUT2D eigenvalue weighted by Crippen LogP contribution is -2.10. The van der Waals surface area contributed by atoms with Crippen molar-refractivity contribution in [3.05, 3.63) is 29.8 Å². The lowest BCUT2D eigenvalue weighted by molar-refractivity contribution is -0.145. The van der Waals surface area contributed by atoms with E-state index in [0.717, 1.165) is 0 Å². The monoisotopic (exact) mass is 445 g/mol. The number of carbonyl (C=O) groups is 2. The third kappa shape index (κ3) is 14.0. The van der Waals surface area contributed by atoms with Crippen molar-refractivity contribution in [1.82, 2.24) is 0 Å². The van der Waals surface area contributed by atoms with Crippen molar-refractivity contribution in [3.8, 4) is 5.75 Å². The molecule has 0 aliphatic heterocycles. The van der Waals surface area contributed by atoms with Gasteiger partial charge in [-0.3, -0.25) is 9.59 Å². The molecule has 0 saturated heterocycles. The van der Waals surface area contributed by atoms with E-state index in [2.05, 4.69) is 9.89 Å². The van der Waals surface area contributed by atoms with E-state index in [1.165, 1.54) is 6.07 Å². The van der Waals surface area contributed by atoms with Gasteiger partial charge in [-0.15, -0.1) is 0 Å². The van der Waals surface area contributed by atoms with Crippen molar-refractivity contribution in [3.63, 3.8) is 0 Å². The number of unbranched alkanes of at least 4 members (excludes halogenated alkanes) is 1. The zero-order valence-electron chi connectivity index (χ0n) is 18.6. The van der Waals surface area contributed by atoms with Crippen LogP contribution in [0.2, 0.25) is 0 Å². The molecule has 0 radical (unpaired) electrons. The number of halogens is 2. The third-order valence-corrected chi connectivity index (χ3v) is 3.76. The normalized spacial score (nSPS) is 11.0. The Balaban J connectivity index is 0.000000594. The molecule has 0 aliphatic carbocycles. The number of hydrogen-bond acceptors (Lipinski definition) is 7. The Labute approximate surface area is 182 Å². The number of ether oxygens (including phenoxy) is 3. The van der Waals surface area contributed by atoms with Gasteiger partial charge >= 0.3 is 18.6 Å². The standard InChI is InChI=1S/C12H15F2NO2.C10H18O4/c1-8(2)7-10(15-16)9-5-3-4-6-11(9)17-12(13)14;1-3-13-9(11)7-5-6-8-10(12)14-4-2/h3-6,8,12,16H,7H2,1-2H3;3-8H2,1-2H3. The van der Waals surface area contributed by atoms with Gasteiger partial charge in [0, 0.05) is 18.4 Å². The summed E-state index contributed by atoms with van der Waals surface area (Å²) in [6.45, 7) is 5.37. The molecule has 0 spiro atoms. The minimum absolute atomic E-state index is 0.0240. The highest BCUT2D eigenvalue weighted by Crippen LogP contribution is 2.23. The first-order valence-electron chi connectivity index (χ1n) is 10.3. The van der Waals surface area contributed by atoms with E-state index in [9.17, 15) is 18.4 Å². The lowest BCUT2D eigenvalue weighted by atomic mass is 10.00. The highest BCUT2D eigenvalue weighted by molar-refractivity contribution is 6.02. The number of rotatable bonds is 12. The summed E-state index contributed by atoms with van der Waals surface area (Å²) in [6.07, 6.45) is 2.61. The van der Waals surface area contributed by atoms with Gasteiger partial charge in [-0.25, -0.2) is 0 Å². The molecule has 1 rings (SSSR count). The van der Waals surface area contributed by atoms with Crippen LogP contribution in [0.25, 0.3) is 0 Å². The maximum absolute atomic E-state index is 12.2. The van der Waals surface area contributed by atoms with E-state index in [1.807, 2.05) is 13.8 Å². The van der Waals surface area contributed by atoms with Crippen molar-refractivity contribution in [2.24, 2.45) is 11.1 Å². The van der Waals surface area contributed by atoms with Gasteiger partial charge in [0.05, 0.1) is 18.9 Å². The van der Waals surface area contributed by atoms with Gasteiger partial charge in [-0.2, -0.15) is 8.78 Å². The minimum atomic E-state index is -2.89. The van der Waals surface area contributed by atoms with Crippen molar-refractivity contribution in [2.45, 2.75) is 66.4 Å². The number of benzene rings is 1. The van der Waals surface area contributed by atoms with Gasteiger partial charge in [0.1, 0.15) is 5.75 Å². The molecule has 0 saturated carbocycles. The number of alkyl halides is 2. The van der Waals surface area contributed by atoms with Gasteiger partial charge in [0.2, 0.25) is 0 Å². The number of oxime groups is 1. The van der Waals surface area contributed by atoms with Gasteiger partial charge < -0.3 is 19.4 Å². The molecule has 0 unspecified atom stereocenters. The summed E-state index contributed by atoms with van der Waals surface area (Å²) in [5.41, 5.74) is 0.736. The molecule has 0 fully saturated rings. The smallest absolute Gasteiger partial charge is 0.387 e. The summed E-state index contributed by atoms with van der Waals surface area (Å²) >= 11 is 0. The van der Waals surface area contributed by atoms with Crippen LogP contribution in [0.15, 0.2) is 29.4 Å². The summed E-state index contributed by atoms with van der Waals surface area (Å²) < 4.78 is 38.3. The Morgan fingerprint density at radius 1 is 1.00 bits per heavy atom. The first kappa shape index (κ1) is 28.3. The van der Waals surface area contributed by atoms with Gasteiger partial charge in [0.25, 0.3) is 0 Å². The van der Waals surface area contributed by atoms with Crippen LogP contribution in [0.4, 0.5) is 8.78 Å². The van der Waals surface area contributed by atoms with Gasteiger partial charge in [-0.05, 0) is 51.2 Å². The number of carbonyl (C=O) groups excluding carboxylic acids is 2. The third-order valence-electron chi connectivity index (χ3n) is 3.76. The van der Waals surface area contributed by atoms with Gasteiger partial charge in [-0.1, -0.05) is 31.1 Å². The topological polar surface area (TPSA) is 94.4 Å². The molecule has 0 heterocycles. The zero-order chi connectivity index (χ0) is 23.6. The molecule has 0 amide bonds. The van der Waals surface area contributed by atoms with Crippen LogP contribution in [-0.2, 0) is 19.1 Å². The van der Waals surface area contributed by atoms with Crippen LogP contribution in [-0.4, -0.2) is 42.7 Å². The second-order valence-electron chi connectivity index (χ2n) is 6.84. The number of hydrogen-bond donors (Lipinski definition) is 1. The molecule has 7 nitrogen and oxygen atoms in total. The zero-order valence-corrected chi connectivity index (χ0v) is 18.6. The first-order chi connectivity index (χ1) is 14.7. The average Bonchev–Trinajstić information content (AvgIpc) is 2.70. The van der Waals surface area contributed by atoms with Crippen molar-refractivity contribution >= 4 is 17.7 Å². The van der Waals surface area contributed by atoms with E-state index in [4.69, 9.17) is 14.7 Å². The number of esters is 2. The lowest BCUT2D eigenvalue weighted by Gasteiger charge is -2.12. The Morgan fingerprint density at radius 3 is 1.94 bits per heavy atom. The average molecular weight is 446 g/mol. The number of nitrogens with zero attached hydrogens (tertiary/aromatic N) is 1. The largest absolute Gasteiger partial charge is 0.466 e. The molecule has 1 aromatic rings. The highest BCUT2D eigenvalue weighted by Gasteiger charge is 2.15. The molecular formula is C22H33F2NO6. The van der Waals surface area contributed by atoms with E-state index in [-0.39, 0.29) is 23.6 Å². The van der Waals surface area contributed by atoms with Crippen LogP contribution in [0, 0.1) is 5.92 Å². The Morgan fingerprint density at radius 2 is 1.52 bits per heavy atom. The first-order valence-corrected chi connectivity index (χ1v) is 10.3. The Bertz CT molecular complexity index is 660. The quantitative estimate of drug-likeness (QED) is 0.157. The highest BCUT2D eigenvalue weighted by atomic mass is 19.3. The van der Waals surface area contributed by atoms with E-state index in [1.54, 1.807) is 32.0 Å². The fourth-order valence-electron chi connectivity index (χ4n) is 2.50. The summed E-state index contributed by atoms with van der Waals surface area (Å²) in [4.78, 5) is 21.8. The van der Waals surface area contributed by atoms with Crippen LogP contribution >= 0.6 is 0 Å². The fraction of sp³-hybridized carbons (Fsp3) is 0.591. The van der Waals surface area contributed by atoms with Crippen molar-refractivity contribution in [2.75, 3.05) is 13.2 Å². The van der Waals surface area contributed by atoms with Crippen LogP contribution in [0.5, 0.6) is 5.75 Å². The molecule has 1 N–H and O–H groups in total. The van der Waals surface area contributed by atoms with Gasteiger partial charge in [0.15, 0.2) is 0 Å². The Hall–Kier alpha value is -2.71. The summed E-state index contributed by atoms with van der Waals surface area (Å²) in [6, 6.07) is 6.28. The van der Waals surface area contributed by atoms with Crippen LogP contribution in [0.3, 0.4) is 0 Å². The summed E-state index contributed by atoms with van der Waals surface area (Å²) in [7, 11) is 0. The van der Waals surface area contributed by atoms with Crippen molar-refractivity contribution < 1.29 is 37.8 Å². The van der Waals surface area contributed by atoms with E-state index in [0.29, 0.717) is 56.6 Å². The number of para-hydroxylation sites is 1. The van der Waals surface area contributed by atoms with Crippen molar-refractivity contribution in [1.29, 1.82) is 0 Å². The second-order valence-corrected chi connectivity index (χ2v) is 6.84. The molecule has 9 heteroatoms.